The molecule has 1 N–H and O–H groups in total. The number of hydrogen-bond acceptors (Lipinski definition) is 3. The van der Waals surface area contributed by atoms with Crippen molar-refractivity contribution in [3.05, 3.63) is 29.8 Å². The highest BCUT2D eigenvalue weighted by Crippen LogP contribution is 2.41. The zero-order valence-corrected chi connectivity index (χ0v) is 11.7. The van der Waals surface area contributed by atoms with Crippen molar-refractivity contribution in [2.45, 2.75) is 30.2 Å². The molecular weight excluding hydrogens is 258 g/mol. The SMILES string of the molecule is O=C(O)CN(CC1CC1)C1CCSc2ccccc21. The Morgan fingerprint density at radius 2 is 2.11 bits per heavy atom. The maximum Gasteiger partial charge on any atom is 0.317 e. The molecule has 4 heteroatoms. The van der Waals surface area contributed by atoms with Gasteiger partial charge in [-0.25, -0.2) is 0 Å². The lowest BCUT2D eigenvalue weighted by Crippen LogP contribution is -2.36. The van der Waals surface area contributed by atoms with Gasteiger partial charge in [0.1, 0.15) is 0 Å². The molecule has 0 saturated heterocycles. The molecule has 3 nitrogen and oxygen atoms in total. The second kappa shape index (κ2) is 5.55. The van der Waals surface area contributed by atoms with Gasteiger partial charge in [-0.2, -0.15) is 0 Å². The van der Waals surface area contributed by atoms with Crippen molar-refractivity contribution in [2.75, 3.05) is 18.8 Å². The van der Waals surface area contributed by atoms with Crippen molar-refractivity contribution < 1.29 is 9.90 Å². The molecule has 0 spiro atoms. The first-order valence-electron chi connectivity index (χ1n) is 6.91. The number of fused-ring (bicyclic) bond motifs is 1. The first-order chi connectivity index (χ1) is 9.24. The lowest BCUT2D eigenvalue weighted by atomic mass is 10.0. The molecule has 0 radical (unpaired) electrons. The van der Waals surface area contributed by atoms with Crippen LogP contribution in [0.4, 0.5) is 0 Å². The van der Waals surface area contributed by atoms with Crippen LogP contribution in [0.25, 0.3) is 0 Å². The zero-order chi connectivity index (χ0) is 13.2. The minimum Gasteiger partial charge on any atom is -0.480 e. The second-order valence-corrected chi connectivity index (χ2v) is 6.59. The second-order valence-electron chi connectivity index (χ2n) is 5.46. The summed E-state index contributed by atoms with van der Waals surface area (Å²) in [6.45, 7) is 1.11. The quantitative estimate of drug-likeness (QED) is 0.898. The molecule has 1 aliphatic carbocycles. The van der Waals surface area contributed by atoms with E-state index in [2.05, 4.69) is 29.2 Å². The predicted molar refractivity (Wildman–Crippen MR) is 76.5 cm³/mol. The Labute approximate surface area is 118 Å². The van der Waals surface area contributed by atoms with Gasteiger partial charge in [0.05, 0.1) is 6.54 Å². The van der Waals surface area contributed by atoms with Gasteiger partial charge in [-0.3, -0.25) is 9.69 Å². The molecule has 0 bridgehead atoms. The van der Waals surface area contributed by atoms with Gasteiger partial charge in [0.2, 0.25) is 0 Å². The fraction of sp³-hybridized carbons (Fsp3) is 0.533. The van der Waals surface area contributed by atoms with Gasteiger partial charge in [-0.05, 0) is 42.6 Å². The molecule has 1 aromatic carbocycles. The summed E-state index contributed by atoms with van der Waals surface area (Å²) >= 11 is 1.89. The molecule has 102 valence electrons. The Morgan fingerprint density at radius 1 is 1.32 bits per heavy atom. The predicted octanol–water partition coefficient (Wildman–Crippen LogP) is 3.02. The molecule has 1 aliphatic heterocycles. The summed E-state index contributed by atoms with van der Waals surface area (Å²) in [6.07, 6.45) is 3.58. The molecule has 1 atom stereocenters. The van der Waals surface area contributed by atoms with E-state index in [-0.39, 0.29) is 12.6 Å². The van der Waals surface area contributed by atoms with E-state index >= 15 is 0 Å². The number of benzene rings is 1. The molecule has 1 unspecified atom stereocenters. The Morgan fingerprint density at radius 3 is 2.84 bits per heavy atom. The highest BCUT2D eigenvalue weighted by molar-refractivity contribution is 7.99. The Bertz CT molecular complexity index is 473. The fourth-order valence-electron chi connectivity index (χ4n) is 2.81. The number of rotatable bonds is 5. The van der Waals surface area contributed by atoms with Gasteiger partial charge >= 0.3 is 5.97 Å². The molecular formula is C15H19NO2S. The molecule has 0 aromatic heterocycles. The fourth-order valence-corrected chi connectivity index (χ4v) is 3.92. The topological polar surface area (TPSA) is 40.5 Å². The minimum atomic E-state index is -0.712. The van der Waals surface area contributed by atoms with Crippen molar-refractivity contribution in [1.82, 2.24) is 4.90 Å². The summed E-state index contributed by atoms with van der Waals surface area (Å²) < 4.78 is 0. The van der Waals surface area contributed by atoms with E-state index in [9.17, 15) is 4.79 Å². The maximum atomic E-state index is 11.1. The number of hydrogen-bond donors (Lipinski definition) is 1. The monoisotopic (exact) mass is 277 g/mol. The third-order valence-electron chi connectivity index (χ3n) is 3.90. The van der Waals surface area contributed by atoms with Gasteiger partial charge in [0.15, 0.2) is 0 Å². The maximum absolute atomic E-state index is 11.1. The van der Waals surface area contributed by atoms with Crippen molar-refractivity contribution in [1.29, 1.82) is 0 Å². The lowest BCUT2D eigenvalue weighted by Gasteiger charge is -2.34. The largest absolute Gasteiger partial charge is 0.480 e. The van der Waals surface area contributed by atoms with E-state index in [1.54, 1.807) is 0 Å². The smallest absolute Gasteiger partial charge is 0.317 e. The van der Waals surface area contributed by atoms with Crippen LogP contribution in [0.1, 0.15) is 30.9 Å². The van der Waals surface area contributed by atoms with Crippen LogP contribution in [0.5, 0.6) is 0 Å². The van der Waals surface area contributed by atoms with Crippen LogP contribution in [-0.4, -0.2) is 34.8 Å². The highest BCUT2D eigenvalue weighted by atomic mass is 32.2. The number of nitrogens with zero attached hydrogens (tertiary/aromatic N) is 1. The molecule has 1 heterocycles. The lowest BCUT2D eigenvalue weighted by molar-refractivity contribution is -0.139. The summed E-state index contributed by atoms with van der Waals surface area (Å²) in [4.78, 5) is 14.6. The summed E-state index contributed by atoms with van der Waals surface area (Å²) in [7, 11) is 0. The van der Waals surface area contributed by atoms with Crippen molar-refractivity contribution >= 4 is 17.7 Å². The molecule has 1 aromatic rings. The van der Waals surface area contributed by atoms with Crippen LogP contribution in [-0.2, 0) is 4.79 Å². The summed E-state index contributed by atoms with van der Waals surface area (Å²) in [5.41, 5.74) is 1.32. The van der Waals surface area contributed by atoms with Gasteiger partial charge in [0, 0.05) is 17.5 Å². The first-order valence-corrected chi connectivity index (χ1v) is 7.90. The molecule has 1 saturated carbocycles. The van der Waals surface area contributed by atoms with Gasteiger partial charge < -0.3 is 5.11 Å². The number of thioether (sulfide) groups is 1. The standard InChI is InChI=1S/C15H19NO2S/c17-15(18)10-16(9-11-5-6-11)13-7-8-19-14-4-2-1-3-12(13)14/h1-4,11,13H,5-10H2,(H,17,18). The van der Waals surface area contributed by atoms with Crippen molar-refractivity contribution in [2.24, 2.45) is 5.92 Å². The van der Waals surface area contributed by atoms with Crippen LogP contribution in [0.15, 0.2) is 29.2 Å². The number of carboxylic acid groups (broad SMARTS) is 1. The minimum absolute atomic E-state index is 0.167. The molecule has 0 amide bonds. The van der Waals surface area contributed by atoms with Crippen LogP contribution in [0.2, 0.25) is 0 Å². The van der Waals surface area contributed by atoms with Crippen LogP contribution >= 0.6 is 11.8 Å². The van der Waals surface area contributed by atoms with E-state index in [0.29, 0.717) is 0 Å². The summed E-state index contributed by atoms with van der Waals surface area (Å²) in [6, 6.07) is 8.73. The molecule has 2 aliphatic rings. The van der Waals surface area contributed by atoms with Crippen LogP contribution < -0.4 is 0 Å². The Kier molecular flexibility index (Phi) is 3.80. The highest BCUT2D eigenvalue weighted by Gasteiger charge is 2.32. The Hall–Kier alpha value is -1.00. The molecule has 19 heavy (non-hydrogen) atoms. The number of aliphatic carboxylic acids is 1. The van der Waals surface area contributed by atoms with Gasteiger partial charge in [-0.15, -0.1) is 11.8 Å². The Balaban J connectivity index is 1.83. The number of carbonyl (C=O) groups is 1. The zero-order valence-electron chi connectivity index (χ0n) is 10.9. The molecule has 1 fully saturated rings. The third kappa shape index (κ3) is 3.12. The normalized spacial score (nSPS) is 22.3. The first kappa shape index (κ1) is 13.0. The van der Waals surface area contributed by atoms with E-state index in [1.807, 2.05) is 11.8 Å². The average Bonchev–Trinajstić information content (AvgIpc) is 3.21. The number of carboxylic acids is 1. The van der Waals surface area contributed by atoms with Gasteiger partial charge in [-0.1, -0.05) is 18.2 Å². The average molecular weight is 277 g/mol. The van der Waals surface area contributed by atoms with E-state index in [0.717, 1.165) is 24.6 Å². The van der Waals surface area contributed by atoms with Crippen molar-refractivity contribution in [3.63, 3.8) is 0 Å². The van der Waals surface area contributed by atoms with E-state index in [4.69, 9.17) is 5.11 Å². The summed E-state index contributed by atoms with van der Waals surface area (Å²) in [5, 5.41) is 9.15. The van der Waals surface area contributed by atoms with Gasteiger partial charge in [0.25, 0.3) is 0 Å². The van der Waals surface area contributed by atoms with E-state index in [1.165, 1.54) is 23.3 Å². The van der Waals surface area contributed by atoms with E-state index < -0.39 is 5.97 Å². The summed E-state index contributed by atoms with van der Waals surface area (Å²) in [5.74, 6) is 1.10. The van der Waals surface area contributed by atoms with Crippen LogP contribution in [0, 0.1) is 5.92 Å². The molecule has 3 rings (SSSR count). The van der Waals surface area contributed by atoms with Crippen molar-refractivity contribution in [3.8, 4) is 0 Å². The van der Waals surface area contributed by atoms with Crippen LogP contribution in [0.3, 0.4) is 0 Å². The third-order valence-corrected chi connectivity index (χ3v) is 5.02.